The van der Waals surface area contributed by atoms with E-state index in [0.717, 1.165) is 23.0 Å². The van der Waals surface area contributed by atoms with Crippen LogP contribution in [-0.2, 0) is 10.3 Å². The van der Waals surface area contributed by atoms with Crippen molar-refractivity contribution >= 4 is 22.0 Å². The summed E-state index contributed by atoms with van der Waals surface area (Å²) in [5, 5.41) is 6.76. The predicted octanol–water partition coefficient (Wildman–Crippen LogP) is 3.26. The molecule has 1 amide bonds. The van der Waals surface area contributed by atoms with Crippen molar-refractivity contribution in [2.75, 3.05) is 0 Å². The summed E-state index contributed by atoms with van der Waals surface area (Å²) in [4.78, 5) is 11.8. The molecular weight excluding hydrogens is 300 g/mol. The Balaban J connectivity index is 2.10. The van der Waals surface area contributed by atoms with Crippen LogP contribution in [0.5, 0.6) is 0 Å². The maximum absolute atomic E-state index is 11.8. The Labute approximate surface area is 114 Å². The van der Waals surface area contributed by atoms with Crippen LogP contribution >= 0.6 is 15.9 Å². The summed E-state index contributed by atoms with van der Waals surface area (Å²) in [5.74, 6) is 0.672. The fourth-order valence-corrected chi connectivity index (χ4v) is 2.21. The minimum Gasteiger partial charge on any atom is -0.444 e. The maximum Gasteiger partial charge on any atom is 0.408 e. The van der Waals surface area contributed by atoms with Gasteiger partial charge in [0.25, 0.3) is 0 Å². The van der Waals surface area contributed by atoms with E-state index in [1.54, 1.807) is 0 Å². The molecule has 1 N–H and O–H groups in total. The second-order valence-electron chi connectivity index (χ2n) is 5.62. The molecule has 6 heteroatoms. The highest BCUT2D eigenvalue weighted by Crippen LogP contribution is 2.48. The molecule has 0 aromatic carbocycles. The number of amides is 1. The lowest BCUT2D eigenvalue weighted by Crippen LogP contribution is -2.39. The van der Waals surface area contributed by atoms with Crippen molar-refractivity contribution in [3.63, 3.8) is 0 Å². The molecule has 1 aromatic heterocycles. The van der Waals surface area contributed by atoms with Crippen LogP contribution in [0.15, 0.2) is 9.00 Å². The molecule has 0 unspecified atom stereocenters. The zero-order chi connectivity index (χ0) is 13.6. The molecular formula is C12H17BrN2O3. The van der Waals surface area contributed by atoms with Crippen molar-refractivity contribution in [2.24, 2.45) is 0 Å². The topological polar surface area (TPSA) is 64.4 Å². The summed E-state index contributed by atoms with van der Waals surface area (Å²) >= 11 is 3.43. The van der Waals surface area contributed by atoms with Gasteiger partial charge in [0.2, 0.25) is 0 Å². The summed E-state index contributed by atoms with van der Waals surface area (Å²) in [6.07, 6.45) is 1.24. The number of nitrogens with one attached hydrogen (secondary N) is 1. The molecule has 1 aliphatic rings. The van der Waals surface area contributed by atoms with E-state index in [1.165, 1.54) is 0 Å². The number of carbonyl (C=O) groups is 1. The third-order valence-electron chi connectivity index (χ3n) is 2.72. The molecule has 0 atom stereocenters. The standard InChI is InChI=1S/C12H17BrN2O3/c1-7-8(13)9(18-15-7)12(5-6-12)14-10(16)17-11(2,3)4/h5-6H2,1-4H3,(H,14,16). The van der Waals surface area contributed by atoms with Gasteiger partial charge in [-0.3, -0.25) is 0 Å². The van der Waals surface area contributed by atoms with Gasteiger partial charge in [0, 0.05) is 0 Å². The van der Waals surface area contributed by atoms with Crippen molar-refractivity contribution in [1.82, 2.24) is 10.5 Å². The molecule has 0 aliphatic heterocycles. The van der Waals surface area contributed by atoms with Gasteiger partial charge in [-0.2, -0.15) is 0 Å². The first kappa shape index (κ1) is 13.4. The van der Waals surface area contributed by atoms with Crippen molar-refractivity contribution in [2.45, 2.75) is 51.7 Å². The molecule has 1 fully saturated rings. The second kappa shape index (κ2) is 4.26. The number of rotatable bonds is 2. The number of halogens is 1. The summed E-state index contributed by atoms with van der Waals surface area (Å²) in [6, 6.07) is 0. The van der Waals surface area contributed by atoms with Crippen molar-refractivity contribution < 1.29 is 14.1 Å². The lowest BCUT2D eigenvalue weighted by molar-refractivity contribution is 0.0485. The highest BCUT2D eigenvalue weighted by molar-refractivity contribution is 9.10. The molecule has 1 saturated carbocycles. The third-order valence-corrected chi connectivity index (χ3v) is 3.65. The van der Waals surface area contributed by atoms with E-state index in [0.29, 0.717) is 5.76 Å². The molecule has 2 rings (SSSR count). The zero-order valence-electron chi connectivity index (χ0n) is 11.0. The van der Waals surface area contributed by atoms with Gasteiger partial charge in [0.05, 0.1) is 10.2 Å². The summed E-state index contributed by atoms with van der Waals surface area (Å²) in [7, 11) is 0. The summed E-state index contributed by atoms with van der Waals surface area (Å²) < 4.78 is 11.4. The molecule has 1 aliphatic carbocycles. The van der Waals surface area contributed by atoms with Gasteiger partial charge >= 0.3 is 6.09 Å². The Morgan fingerprint density at radius 3 is 2.50 bits per heavy atom. The SMILES string of the molecule is Cc1noc(C2(NC(=O)OC(C)(C)C)CC2)c1Br. The lowest BCUT2D eigenvalue weighted by Gasteiger charge is -2.22. The fourth-order valence-electron chi connectivity index (χ4n) is 1.69. The Morgan fingerprint density at radius 2 is 2.11 bits per heavy atom. The molecule has 1 heterocycles. The van der Waals surface area contributed by atoms with Crippen LogP contribution in [0.1, 0.15) is 45.1 Å². The first-order valence-electron chi connectivity index (χ1n) is 5.87. The van der Waals surface area contributed by atoms with E-state index < -0.39 is 17.2 Å². The Hall–Kier alpha value is -1.04. The first-order chi connectivity index (χ1) is 8.23. The number of hydrogen-bond donors (Lipinski definition) is 1. The number of ether oxygens (including phenoxy) is 1. The van der Waals surface area contributed by atoms with E-state index in [4.69, 9.17) is 9.26 Å². The van der Waals surface area contributed by atoms with E-state index >= 15 is 0 Å². The van der Waals surface area contributed by atoms with Crippen molar-refractivity contribution in [1.29, 1.82) is 0 Å². The molecule has 0 radical (unpaired) electrons. The number of nitrogens with zero attached hydrogens (tertiary/aromatic N) is 1. The molecule has 18 heavy (non-hydrogen) atoms. The monoisotopic (exact) mass is 316 g/mol. The van der Waals surface area contributed by atoms with Crippen LogP contribution in [0.4, 0.5) is 4.79 Å². The van der Waals surface area contributed by atoms with Crippen LogP contribution in [0, 0.1) is 6.92 Å². The number of alkyl carbamates (subject to hydrolysis) is 1. The summed E-state index contributed by atoms with van der Waals surface area (Å²) in [6.45, 7) is 7.35. The van der Waals surface area contributed by atoms with Gasteiger partial charge in [0.1, 0.15) is 11.1 Å². The van der Waals surface area contributed by atoms with Gasteiger partial charge < -0.3 is 14.6 Å². The molecule has 0 spiro atoms. The Kier molecular flexibility index (Phi) is 3.17. The molecule has 1 aromatic rings. The molecule has 0 saturated heterocycles. The average molecular weight is 317 g/mol. The fraction of sp³-hybridized carbons (Fsp3) is 0.667. The van der Waals surface area contributed by atoms with Crippen LogP contribution in [0.2, 0.25) is 0 Å². The highest BCUT2D eigenvalue weighted by Gasteiger charge is 2.51. The summed E-state index contributed by atoms with van der Waals surface area (Å²) in [5.41, 5.74) is -0.181. The highest BCUT2D eigenvalue weighted by atomic mass is 79.9. The smallest absolute Gasteiger partial charge is 0.408 e. The van der Waals surface area contributed by atoms with Crippen molar-refractivity contribution in [3.05, 3.63) is 15.9 Å². The number of carbonyl (C=O) groups excluding carboxylic acids is 1. The largest absolute Gasteiger partial charge is 0.444 e. The minimum absolute atomic E-state index is 0.430. The third kappa shape index (κ3) is 2.68. The maximum atomic E-state index is 11.8. The zero-order valence-corrected chi connectivity index (χ0v) is 12.6. The van der Waals surface area contributed by atoms with E-state index in [1.807, 2.05) is 27.7 Å². The quantitative estimate of drug-likeness (QED) is 0.909. The van der Waals surface area contributed by atoms with Gasteiger partial charge in [-0.1, -0.05) is 5.16 Å². The van der Waals surface area contributed by atoms with Crippen LogP contribution in [0.3, 0.4) is 0 Å². The van der Waals surface area contributed by atoms with E-state index in [9.17, 15) is 4.79 Å². The van der Waals surface area contributed by atoms with E-state index in [-0.39, 0.29) is 0 Å². The van der Waals surface area contributed by atoms with Gasteiger partial charge in [0.15, 0.2) is 5.76 Å². The number of hydrogen-bond acceptors (Lipinski definition) is 4. The Morgan fingerprint density at radius 1 is 1.50 bits per heavy atom. The number of aryl methyl sites for hydroxylation is 1. The number of aromatic nitrogens is 1. The van der Waals surface area contributed by atoms with Crippen LogP contribution in [0.25, 0.3) is 0 Å². The normalized spacial score (nSPS) is 17.4. The van der Waals surface area contributed by atoms with E-state index in [2.05, 4.69) is 26.4 Å². The van der Waals surface area contributed by atoms with Gasteiger partial charge in [-0.05, 0) is 56.5 Å². The minimum atomic E-state index is -0.505. The molecule has 5 nitrogen and oxygen atoms in total. The Bertz CT molecular complexity index is 472. The molecule has 100 valence electrons. The second-order valence-corrected chi connectivity index (χ2v) is 6.41. The van der Waals surface area contributed by atoms with Gasteiger partial charge in [-0.15, -0.1) is 0 Å². The average Bonchev–Trinajstić information content (AvgIpc) is 2.87. The first-order valence-corrected chi connectivity index (χ1v) is 6.66. The van der Waals surface area contributed by atoms with Crippen molar-refractivity contribution in [3.8, 4) is 0 Å². The van der Waals surface area contributed by atoms with Crippen LogP contribution < -0.4 is 5.32 Å². The van der Waals surface area contributed by atoms with Crippen LogP contribution in [-0.4, -0.2) is 16.9 Å². The van der Waals surface area contributed by atoms with Gasteiger partial charge in [-0.25, -0.2) is 4.79 Å². The lowest BCUT2D eigenvalue weighted by atomic mass is 10.2. The molecule has 0 bridgehead atoms. The predicted molar refractivity (Wildman–Crippen MR) is 69.2 cm³/mol.